The van der Waals surface area contributed by atoms with E-state index in [0.717, 1.165) is 12.2 Å². The van der Waals surface area contributed by atoms with Crippen LogP contribution in [0.1, 0.15) is 36.8 Å². The van der Waals surface area contributed by atoms with Crippen molar-refractivity contribution in [3.8, 4) is 5.88 Å². The Balaban J connectivity index is 2.08. The smallest absolute Gasteiger partial charge is 0.259 e. The SMILES string of the molecule is COc1nc(C)ccc1C(=O)N1CCN(CC(C)(C)O)C(C)C1. The van der Waals surface area contributed by atoms with Gasteiger partial charge in [0.15, 0.2) is 0 Å². The number of aryl methyl sites for hydroxylation is 1. The highest BCUT2D eigenvalue weighted by molar-refractivity contribution is 5.96. The van der Waals surface area contributed by atoms with Crippen LogP contribution in [0.2, 0.25) is 0 Å². The van der Waals surface area contributed by atoms with Crippen molar-refractivity contribution in [3.05, 3.63) is 23.4 Å². The summed E-state index contributed by atoms with van der Waals surface area (Å²) in [4.78, 5) is 21.1. The van der Waals surface area contributed by atoms with Crippen molar-refractivity contribution in [1.82, 2.24) is 14.8 Å². The summed E-state index contributed by atoms with van der Waals surface area (Å²) in [7, 11) is 1.53. The minimum Gasteiger partial charge on any atom is -0.480 e. The van der Waals surface area contributed by atoms with E-state index < -0.39 is 5.60 Å². The van der Waals surface area contributed by atoms with Crippen molar-refractivity contribution < 1.29 is 14.6 Å². The Morgan fingerprint density at radius 3 is 2.70 bits per heavy atom. The Kier molecular flexibility index (Phi) is 5.26. The number of carbonyl (C=O) groups excluding carboxylic acids is 1. The molecule has 1 saturated heterocycles. The van der Waals surface area contributed by atoms with Gasteiger partial charge in [0, 0.05) is 37.9 Å². The number of methoxy groups -OCH3 is 1. The summed E-state index contributed by atoms with van der Waals surface area (Å²) in [5.41, 5.74) is 0.591. The highest BCUT2D eigenvalue weighted by Gasteiger charge is 2.31. The maximum Gasteiger partial charge on any atom is 0.259 e. The Labute approximate surface area is 138 Å². The zero-order valence-corrected chi connectivity index (χ0v) is 14.7. The average molecular weight is 321 g/mol. The molecule has 23 heavy (non-hydrogen) atoms. The highest BCUT2D eigenvalue weighted by Crippen LogP contribution is 2.21. The Hall–Kier alpha value is -1.66. The van der Waals surface area contributed by atoms with Crippen LogP contribution < -0.4 is 4.74 Å². The van der Waals surface area contributed by atoms with Crippen molar-refractivity contribution in [2.24, 2.45) is 0 Å². The molecule has 1 fully saturated rings. The molecule has 1 aliphatic rings. The number of nitrogens with zero attached hydrogens (tertiary/aromatic N) is 3. The van der Waals surface area contributed by atoms with Crippen LogP contribution in [0.3, 0.4) is 0 Å². The molecule has 128 valence electrons. The zero-order chi connectivity index (χ0) is 17.2. The van der Waals surface area contributed by atoms with Gasteiger partial charge >= 0.3 is 0 Å². The van der Waals surface area contributed by atoms with Gasteiger partial charge in [-0.2, -0.15) is 0 Å². The zero-order valence-electron chi connectivity index (χ0n) is 14.7. The lowest BCUT2D eigenvalue weighted by Gasteiger charge is -2.42. The van der Waals surface area contributed by atoms with Gasteiger partial charge in [-0.05, 0) is 39.8 Å². The third-order valence-corrected chi connectivity index (χ3v) is 4.07. The van der Waals surface area contributed by atoms with Crippen LogP contribution in [0.25, 0.3) is 0 Å². The fourth-order valence-electron chi connectivity index (χ4n) is 2.93. The van der Waals surface area contributed by atoms with Crippen molar-refractivity contribution in [2.75, 3.05) is 33.3 Å². The predicted molar refractivity (Wildman–Crippen MR) is 88.8 cm³/mol. The van der Waals surface area contributed by atoms with Gasteiger partial charge in [0.2, 0.25) is 5.88 Å². The predicted octanol–water partition coefficient (Wildman–Crippen LogP) is 1.32. The number of hydrogen-bond acceptors (Lipinski definition) is 5. The second-order valence-corrected chi connectivity index (χ2v) is 6.89. The minimum atomic E-state index is -0.732. The van der Waals surface area contributed by atoms with Crippen LogP contribution in [0.15, 0.2) is 12.1 Å². The number of carbonyl (C=O) groups is 1. The monoisotopic (exact) mass is 321 g/mol. The number of aromatic nitrogens is 1. The molecule has 0 aliphatic carbocycles. The Morgan fingerprint density at radius 2 is 2.13 bits per heavy atom. The summed E-state index contributed by atoms with van der Waals surface area (Å²) in [6, 6.07) is 3.80. The van der Waals surface area contributed by atoms with E-state index in [1.807, 2.05) is 17.9 Å². The van der Waals surface area contributed by atoms with Gasteiger partial charge in [0.1, 0.15) is 5.56 Å². The van der Waals surface area contributed by atoms with E-state index in [4.69, 9.17) is 4.74 Å². The summed E-state index contributed by atoms with van der Waals surface area (Å²) < 4.78 is 5.25. The molecule has 2 heterocycles. The van der Waals surface area contributed by atoms with Gasteiger partial charge in [-0.25, -0.2) is 4.98 Å². The summed E-state index contributed by atoms with van der Waals surface area (Å²) in [6.45, 7) is 10.2. The van der Waals surface area contributed by atoms with Crippen LogP contribution in [0.5, 0.6) is 5.88 Å². The second kappa shape index (κ2) is 6.84. The molecular formula is C17H27N3O3. The van der Waals surface area contributed by atoms with Crippen molar-refractivity contribution in [3.63, 3.8) is 0 Å². The summed E-state index contributed by atoms with van der Waals surface area (Å²) in [5, 5.41) is 9.99. The van der Waals surface area contributed by atoms with Gasteiger partial charge in [0.25, 0.3) is 5.91 Å². The third kappa shape index (κ3) is 4.42. The van der Waals surface area contributed by atoms with E-state index in [9.17, 15) is 9.90 Å². The molecule has 1 amide bonds. The quantitative estimate of drug-likeness (QED) is 0.906. The first-order chi connectivity index (χ1) is 10.7. The number of pyridine rings is 1. The molecule has 1 aromatic rings. The number of amides is 1. The number of hydrogen-bond donors (Lipinski definition) is 1. The van der Waals surface area contributed by atoms with Crippen molar-refractivity contribution in [1.29, 1.82) is 0 Å². The van der Waals surface area contributed by atoms with Crippen LogP contribution in [0, 0.1) is 6.92 Å². The number of β-amino-alcohol motifs (C(OH)–C–C–N with tert-alkyl or cyclic N) is 1. The number of rotatable bonds is 4. The van der Waals surface area contributed by atoms with Gasteiger partial charge in [-0.3, -0.25) is 9.69 Å². The molecule has 1 atom stereocenters. The normalized spacial score (nSPS) is 19.7. The standard InChI is InChI=1S/C17H27N3O3/c1-12-6-7-14(15(18-12)23-5)16(21)19-8-9-20(13(2)10-19)11-17(3,4)22/h6-7,13,22H,8-11H2,1-5H3. The van der Waals surface area contributed by atoms with Gasteiger partial charge in [-0.1, -0.05) is 0 Å². The van der Waals surface area contributed by atoms with E-state index in [1.165, 1.54) is 7.11 Å². The maximum atomic E-state index is 12.8. The van der Waals surface area contributed by atoms with Crippen LogP contribution in [0.4, 0.5) is 0 Å². The molecule has 1 aromatic heterocycles. The highest BCUT2D eigenvalue weighted by atomic mass is 16.5. The van der Waals surface area contributed by atoms with E-state index in [2.05, 4.69) is 16.8 Å². The summed E-state index contributed by atoms with van der Waals surface area (Å²) in [6.07, 6.45) is 0. The van der Waals surface area contributed by atoms with Crippen molar-refractivity contribution >= 4 is 5.91 Å². The van der Waals surface area contributed by atoms with Crippen LogP contribution in [-0.2, 0) is 0 Å². The van der Waals surface area contributed by atoms with Crippen LogP contribution in [-0.4, -0.2) is 70.7 Å². The van der Waals surface area contributed by atoms with Crippen molar-refractivity contribution in [2.45, 2.75) is 39.3 Å². The van der Waals surface area contributed by atoms with Gasteiger partial charge in [-0.15, -0.1) is 0 Å². The van der Waals surface area contributed by atoms with E-state index in [0.29, 0.717) is 31.1 Å². The first-order valence-corrected chi connectivity index (χ1v) is 7.98. The topological polar surface area (TPSA) is 65.9 Å². The molecule has 0 bridgehead atoms. The fraction of sp³-hybridized carbons (Fsp3) is 0.647. The van der Waals surface area contributed by atoms with Crippen LogP contribution >= 0.6 is 0 Å². The largest absolute Gasteiger partial charge is 0.480 e. The molecule has 1 N–H and O–H groups in total. The third-order valence-electron chi connectivity index (χ3n) is 4.07. The summed E-state index contributed by atoms with van der Waals surface area (Å²) in [5.74, 6) is 0.325. The average Bonchev–Trinajstić information content (AvgIpc) is 2.47. The molecular weight excluding hydrogens is 294 g/mol. The molecule has 2 rings (SSSR count). The van der Waals surface area contributed by atoms with Gasteiger partial charge in [0.05, 0.1) is 12.7 Å². The number of piperazine rings is 1. The first kappa shape index (κ1) is 17.7. The Bertz CT molecular complexity index is 569. The minimum absolute atomic E-state index is 0.0518. The lowest BCUT2D eigenvalue weighted by atomic mass is 10.1. The molecule has 1 aliphatic heterocycles. The molecule has 1 unspecified atom stereocenters. The molecule has 0 radical (unpaired) electrons. The lowest BCUT2D eigenvalue weighted by molar-refractivity contribution is -0.00149. The Morgan fingerprint density at radius 1 is 1.43 bits per heavy atom. The molecule has 6 heteroatoms. The second-order valence-electron chi connectivity index (χ2n) is 6.89. The molecule has 0 aromatic carbocycles. The van der Waals surface area contributed by atoms with Gasteiger partial charge < -0.3 is 14.7 Å². The van der Waals surface area contributed by atoms with E-state index in [-0.39, 0.29) is 11.9 Å². The molecule has 0 spiro atoms. The van der Waals surface area contributed by atoms with E-state index >= 15 is 0 Å². The molecule has 6 nitrogen and oxygen atoms in total. The molecule has 0 saturated carbocycles. The van der Waals surface area contributed by atoms with E-state index in [1.54, 1.807) is 19.9 Å². The first-order valence-electron chi connectivity index (χ1n) is 7.98. The maximum absolute atomic E-state index is 12.8. The lowest BCUT2D eigenvalue weighted by Crippen LogP contribution is -2.56. The summed E-state index contributed by atoms with van der Waals surface area (Å²) >= 11 is 0. The fourth-order valence-corrected chi connectivity index (χ4v) is 2.93. The number of aliphatic hydroxyl groups is 1. The number of ether oxygens (including phenoxy) is 1.